The van der Waals surface area contributed by atoms with E-state index in [9.17, 15) is 5.11 Å². The van der Waals surface area contributed by atoms with E-state index in [1.165, 1.54) is 0 Å². The van der Waals surface area contributed by atoms with E-state index in [-0.39, 0.29) is 0 Å². The fourth-order valence-electron chi connectivity index (χ4n) is 2.93. The smallest absolute Gasteiger partial charge is 0.112 e. The fraction of sp³-hybridized carbons (Fsp3) is 0.438. The number of benzene rings is 1. The van der Waals surface area contributed by atoms with Gasteiger partial charge in [-0.15, -0.1) is 0 Å². The van der Waals surface area contributed by atoms with Crippen molar-refractivity contribution in [2.75, 3.05) is 0 Å². The second kappa shape index (κ2) is 5.64. The van der Waals surface area contributed by atoms with E-state index in [1.807, 2.05) is 18.2 Å². The summed E-state index contributed by atoms with van der Waals surface area (Å²) in [5, 5.41) is 11.3. The number of aryl methyl sites for hydroxylation is 1. The minimum absolute atomic E-state index is 0.311. The van der Waals surface area contributed by atoms with Crippen LogP contribution in [0.3, 0.4) is 0 Å². The highest BCUT2D eigenvalue weighted by Gasteiger charge is 2.29. The maximum atomic E-state index is 10.2. The van der Waals surface area contributed by atoms with E-state index in [0.29, 0.717) is 22.5 Å². The van der Waals surface area contributed by atoms with Crippen molar-refractivity contribution in [1.82, 2.24) is 9.55 Å². The Balaban J connectivity index is 2.03. The molecule has 0 fully saturated rings. The van der Waals surface area contributed by atoms with E-state index in [2.05, 4.69) is 18.4 Å². The molecule has 0 aliphatic heterocycles. The number of imidazole rings is 1. The third-order valence-electron chi connectivity index (χ3n) is 3.92. The number of hydrogen-bond donors (Lipinski definition) is 1. The van der Waals surface area contributed by atoms with Gasteiger partial charge in [-0.05, 0) is 30.5 Å². The molecule has 0 bridgehead atoms. The molecule has 21 heavy (non-hydrogen) atoms. The molecule has 1 aliphatic rings. The number of nitrogens with zero attached hydrogens (tertiary/aromatic N) is 2. The van der Waals surface area contributed by atoms with Crippen LogP contribution in [0.2, 0.25) is 10.0 Å². The van der Waals surface area contributed by atoms with Crippen molar-refractivity contribution in [1.29, 1.82) is 0 Å². The monoisotopic (exact) mass is 324 g/mol. The molecule has 0 saturated heterocycles. The Labute approximate surface area is 134 Å². The molecule has 1 aromatic carbocycles. The molecule has 1 unspecified atom stereocenters. The molecule has 0 spiro atoms. The molecule has 0 saturated carbocycles. The van der Waals surface area contributed by atoms with Gasteiger partial charge in [-0.25, -0.2) is 4.98 Å². The Kier molecular flexibility index (Phi) is 4.00. The molecule has 0 amide bonds. The van der Waals surface area contributed by atoms with Gasteiger partial charge in [-0.3, -0.25) is 0 Å². The highest BCUT2D eigenvalue weighted by atomic mass is 35.5. The average Bonchev–Trinajstić information content (AvgIpc) is 2.96. The van der Waals surface area contributed by atoms with Gasteiger partial charge < -0.3 is 9.67 Å². The molecule has 0 radical (unpaired) electrons. The molecule has 1 aliphatic carbocycles. The van der Waals surface area contributed by atoms with Gasteiger partial charge in [0.2, 0.25) is 0 Å². The van der Waals surface area contributed by atoms with Crippen molar-refractivity contribution in [2.45, 2.75) is 45.3 Å². The first-order valence-electron chi connectivity index (χ1n) is 7.18. The summed E-state index contributed by atoms with van der Waals surface area (Å²) in [7, 11) is 0. The molecule has 3 nitrogen and oxygen atoms in total. The van der Waals surface area contributed by atoms with Crippen molar-refractivity contribution in [3.63, 3.8) is 0 Å². The van der Waals surface area contributed by atoms with Gasteiger partial charge in [0.15, 0.2) is 0 Å². The van der Waals surface area contributed by atoms with E-state index >= 15 is 0 Å². The summed E-state index contributed by atoms with van der Waals surface area (Å²) in [6.07, 6.45) is 1.20. The van der Waals surface area contributed by atoms with Crippen LogP contribution >= 0.6 is 23.2 Å². The fourth-order valence-corrected chi connectivity index (χ4v) is 3.25. The number of aliphatic hydroxyl groups is 1. The average molecular weight is 325 g/mol. The summed E-state index contributed by atoms with van der Waals surface area (Å²) in [5.74, 6) is 1.33. The largest absolute Gasteiger partial charge is 0.387 e. The molecule has 1 N–H and O–H groups in total. The van der Waals surface area contributed by atoms with Crippen LogP contribution in [-0.4, -0.2) is 14.7 Å². The zero-order chi connectivity index (χ0) is 15.1. The molecule has 2 aromatic rings. The lowest BCUT2D eigenvalue weighted by atomic mass is 10.1. The number of aromatic nitrogens is 2. The summed E-state index contributed by atoms with van der Waals surface area (Å²) < 4.78 is 2.14. The first-order valence-corrected chi connectivity index (χ1v) is 7.94. The molecule has 1 atom stereocenters. The Morgan fingerprint density at radius 3 is 2.76 bits per heavy atom. The van der Waals surface area contributed by atoms with Gasteiger partial charge >= 0.3 is 0 Å². The molecule has 1 heterocycles. The Bertz CT molecular complexity index is 679. The van der Waals surface area contributed by atoms with Crippen molar-refractivity contribution in [2.24, 2.45) is 0 Å². The van der Waals surface area contributed by atoms with E-state index in [1.54, 1.807) is 0 Å². The van der Waals surface area contributed by atoms with Crippen LogP contribution in [0.5, 0.6) is 0 Å². The van der Waals surface area contributed by atoms with Crippen LogP contribution in [0.25, 0.3) is 0 Å². The standard InChI is InChI=1S/C16H18Cl2N2O/c1-9(2)16-19-13-5-6-14(21)15(13)20(16)8-10-3-4-11(17)12(18)7-10/h3-4,7,9,14,21H,5-6,8H2,1-2H3. The quantitative estimate of drug-likeness (QED) is 0.911. The topological polar surface area (TPSA) is 38.0 Å². The van der Waals surface area contributed by atoms with Gasteiger partial charge in [0, 0.05) is 12.5 Å². The predicted molar refractivity (Wildman–Crippen MR) is 85.2 cm³/mol. The predicted octanol–water partition coefficient (Wildman–Crippen LogP) is 4.34. The summed E-state index contributed by atoms with van der Waals surface area (Å²) in [4.78, 5) is 4.72. The highest BCUT2D eigenvalue weighted by molar-refractivity contribution is 6.42. The number of rotatable bonds is 3. The van der Waals surface area contributed by atoms with Crippen LogP contribution in [0.4, 0.5) is 0 Å². The van der Waals surface area contributed by atoms with Crippen molar-refractivity contribution < 1.29 is 5.11 Å². The Morgan fingerprint density at radius 1 is 1.33 bits per heavy atom. The second-order valence-electron chi connectivity index (χ2n) is 5.85. The van der Waals surface area contributed by atoms with Crippen molar-refractivity contribution >= 4 is 23.2 Å². The molecular weight excluding hydrogens is 307 g/mol. The third-order valence-corrected chi connectivity index (χ3v) is 4.66. The third kappa shape index (κ3) is 2.70. The zero-order valence-electron chi connectivity index (χ0n) is 12.1. The molecule has 1 aromatic heterocycles. The summed E-state index contributed by atoms with van der Waals surface area (Å²) in [5.41, 5.74) is 3.06. The maximum Gasteiger partial charge on any atom is 0.112 e. The number of halogens is 2. The normalized spacial score (nSPS) is 17.5. The van der Waals surface area contributed by atoms with Gasteiger partial charge in [0.25, 0.3) is 0 Å². The number of aliphatic hydroxyl groups excluding tert-OH is 1. The van der Waals surface area contributed by atoms with Gasteiger partial charge in [-0.1, -0.05) is 43.1 Å². The van der Waals surface area contributed by atoms with E-state index in [4.69, 9.17) is 28.2 Å². The minimum atomic E-state index is -0.414. The Morgan fingerprint density at radius 2 is 2.10 bits per heavy atom. The molecule has 5 heteroatoms. The summed E-state index contributed by atoms with van der Waals surface area (Å²) >= 11 is 12.1. The minimum Gasteiger partial charge on any atom is -0.387 e. The van der Waals surface area contributed by atoms with Crippen molar-refractivity contribution in [3.05, 3.63) is 51.0 Å². The SMILES string of the molecule is CC(C)c1nc2c(n1Cc1ccc(Cl)c(Cl)c1)C(O)CC2. The summed E-state index contributed by atoms with van der Waals surface area (Å²) in [6, 6.07) is 5.65. The number of hydrogen-bond acceptors (Lipinski definition) is 2. The summed E-state index contributed by atoms with van der Waals surface area (Å²) in [6.45, 7) is 4.90. The molecule has 3 rings (SSSR count). The van der Waals surface area contributed by atoms with Crippen LogP contribution < -0.4 is 0 Å². The second-order valence-corrected chi connectivity index (χ2v) is 6.66. The van der Waals surface area contributed by atoms with Gasteiger partial charge in [0.05, 0.1) is 27.5 Å². The Hall–Kier alpha value is -1.03. The van der Waals surface area contributed by atoms with E-state index in [0.717, 1.165) is 35.6 Å². The first-order chi connectivity index (χ1) is 9.97. The van der Waals surface area contributed by atoms with Crippen LogP contribution in [0, 0.1) is 0 Å². The highest BCUT2D eigenvalue weighted by Crippen LogP contribution is 2.34. The number of fused-ring (bicyclic) bond motifs is 1. The first kappa shape index (κ1) is 14.9. The zero-order valence-corrected chi connectivity index (χ0v) is 13.6. The van der Waals surface area contributed by atoms with Gasteiger partial charge in [-0.2, -0.15) is 0 Å². The lowest BCUT2D eigenvalue weighted by molar-refractivity contribution is 0.170. The lowest BCUT2D eigenvalue weighted by Gasteiger charge is -2.16. The van der Waals surface area contributed by atoms with Crippen LogP contribution in [0.1, 0.15) is 55.1 Å². The van der Waals surface area contributed by atoms with E-state index < -0.39 is 6.10 Å². The van der Waals surface area contributed by atoms with Crippen molar-refractivity contribution in [3.8, 4) is 0 Å². The van der Waals surface area contributed by atoms with Gasteiger partial charge in [0.1, 0.15) is 5.82 Å². The molecule has 112 valence electrons. The molecular formula is C16H18Cl2N2O. The van der Waals surface area contributed by atoms with Crippen LogP contribution in [0.15, 0.2) is 18.2 Å². The maximum absolute atomic E-state index is 10.2. The van der Waals surface area contributed by atoms with Crippen LogP contribution in [-0.2, 0) is 13.0 Å². The lowest BCUT2D eigenvalue weighted by Crippen LogP contribution is -2.11.